The van der Waals surface area contributed by atoms with Crippen LogP contribution in [0.3, 0.4) is 0 Å². The summed E-state index contributed by atoms with van der Waals surface area (Å²) in [6.07, 6.45) is 0. The summed E-state index contributed by atoms with van der Waals surface area (Å²) in [5.41, 5.74) is -0.0181. The van der Waals surface area contributed by atoms with Gasteiger partial charge < -0.3 is 10.1 Å². The van der Waals surface area contributed by atoms with Gasteiger partial charge in [-0.05, 0) is 32.9 Å². The highest BCUT2D eigenvalue weighted by molar-refractivity contribution is 5.72. The van der Waals surface area contributed by atoms with E-state index in [1.54, 1.807) is 27.7 Å². The summed E-state index contributed by atoms with van der Waals surface area (Å²) in [5.74, 6) is -1.91. The van der Waals surface area contributed by atoms with Gasteiger partial charge in [0.1, 0.15) is 11.6 Å². The lowest BCUT2D eigenvalue weighted by Crippen LogP contribution is -2.39. The van der Waals surface area contributed by atoms with Crippen molar-refractivity contribution in [3.05, 3.63) is 35.4 Å². The molecule has 0 unspecified atom stereocenters. The number of benzene rings is 1. The Bertz CT molecular complexity index is 445. The molecule has 1 aromatic carbocycles. The molecule has 1 rings (SSSR count). The summed E-state index contributed by atoms with van der Waals surface area (Å²) in [6, 6.07) is 2.96. The zero-order valence-electron chi connectivity index (χ0n) is 12.2. The molecule has 0 heterocycles. The van der Waals surface area contributed by atoms with Gasteiger partial charge in [-0.25, -0.2) is 8.78 Å². The zero-order valence-corrected chi connectivity index (χ0v) is 12.2. The number of nitrogens with one attached hydrogen (secondary N) is 1. The molecule has 0 radical (unpaired) electrons. The molecule has 1 aromatic rings. The number of esters is 1. The van der Waals surface area contributed by atoms with Crippen molar-refractivity contribution in [3.8, 4) is 0 Å². The predicted molar refractivity (Wildman–Crippen MR) is 73.2 cm³/mol. The second kappa shape index (κ2) is 7.33. The minimum atomic E-state index is -0.596. The molecule has 0 aromatic heterocycles. The first-order chi connectivity index (χ1) is 9.38. The SMILES string of the molecule is CCOC(=O)[C@H](C)[C@@H](C)N[C@@H](C)c1c(F)cccc1F. The van der Waals surface area contributed by atoms with Crippen LogP contribution < -0.4 is 5.32 Å². The molecule has 0 spiro atoms. The molecule has 1 N–H and O–H groups in total. The Labute approximate surface area is 118 Å². The largest absolute Gasteiger partial charge is 0.466 e. The third kappa shape index (κ3) is 4.00. The molecule has 0 aliphatic heterocycles. The van der Waals surface area contributed by atoms with Crippen molar-refractivity contribution in [3.63, 3.8) is 0 Å². The van der Waals surface area contributed by atoms with Crippen molar-refractivity contribution in [2.45, 2.75) is 39.8 Å². The van der Waals surface area contributed by atoms with Gasteiger partial charge in [0.15, 0.2) is 0 Å². The number of carbonyl (C=O) groups excluding carboxylic acids is 1. The zero-order chi connectivity index (χ0) is 15.3. The summed E-state index contributed by atoms with van der Waals surface area (Å²) in [4.78, 5) is 11.6. The highest BCUT2D eigenvalue weighted by atomic mass is 19.1. The fourth-order valence-corrected chi connectivity index (χ4v) is 2.02. The van der Waals surface area contributed by atoms with Crippen LogP contribution in [0.1, 0.15) is 39.3 Å². The first-order valence-corrected chi connectivity index (χ1v) is 6.75. The highest BCUT2D eigenvalue weighted by Gasteiger charge is 2.24. The van der Waals surface area contributed by atoms with Crippen molar-refractivity contribution in [2.75, 3.05) is 6.61 Å². The molecule has 0 aliphatic carbocycles. The van der Waals surface area contributed by atoms with Crippen molar-refractivity contribution >= 4 is 5.97 Å². The third-order valence-electron chi connectivity index (χ3n) is 3.35. The average molecular weight is 285 g/mol. The highest BCUT2D eigenvalue weighted by Crippen LogP contribution is 2.21. The van der Waals surface area contributed by atoms with Gasteiger partial charge in [0.25, 0.3) is 0 Å². The second-order valence-corrected chi connectivity index (χ2v) is 4.85. The Morgan fingerprint density at radius 3 is 2.30 bits per heavy atom. The normalized spacial score (nSPS) is 15.5. The predicted octanol–water partition coefficient (Wildman–Crippen LogP) is 3.20. The van der Waals surface area contributed by atoms with E-state index in [0.29, 0.717) is 6.61 Å². The van der Waals surface area contributed by atoms with Gasteiger partial charge in [-0.15, -0.1) is 0 Å². The molecule has 0 saturated heterocycles. The van der Waals surface area contributed by atoms with E-state index in [-0.39, 0.29) is 17.6 Å². The van der Waals surface area contributed by atoms with E-state index < -0.39 is 23.6 Å². The van der Waals surface area contributed by atoms with Gasteiger partial charge in [-0.1, -0.05) is 13.0 Å². The van der Waals surface area contributed by atoms with Crippen LogP contribution in [0.4, 0.5) is 8.78 Å². The molecular formula is C15H21F2NO2. The van der Waals surface area contributed by atoms with Crippen LogP contribution in [0.15, 0.2) is 18.2 Å². The van der Waals surface area contributed by atoms with Crippen LogP contribution in [0.2, 0.25) is 0 Å². The van der Waals surface area contributed by atoms with Crippen molar-refractivity contribution < 1.29 is 18.3 Å². The fourth-order valence-electron chi connectivity index (χ4n) is 2.02. The molecule has 112 valence electrons. The standard InChI is InChI=1S/C15H21F2NO2/c1-5-20-15(19)9(2)10(3)18-11(4)14-12(16)7-6-8-13(14)17/h6-11,18H,5H2,1-4H3/t9-,10-,11+/m1/s1. The minimum absolute atomic E-state index is 0.0181. The van der Waals surface area contributed by atoms with Gasteiger partial charge in [-0.2, -0.15) is 0 Å². The number of ether oxygens (including phenoxy) is 1. The Morgan fingerprint density at radius 1 is 1.25 bits per heavy atom. The van der Waals surface area contributed by atoms with Crippen LogP contribution in [0.5, 0.6) is 0 Å². The summed E-state index contributed by atoms with van der Waals surface area (Å²) in [6.45, 7) is 7.22. The smallest absolute Gasteiger partial charge is 0.310 e. The summed E-state index contributed by atoms with van der Waals surface area (Å²) in [7, 11) is 0. The lowest BCUT2D eigenvalue weighted by atomic mass is 10.0. The maximum Gasteiger partial charge on any atom is 0.310 e. The van der Waals surface area contributed by atoms with Crippen LogP contribution in [-0.4, -0.2) is 18.6 Å². The molecule has 3 nitrogen and oxygen atoms in total. The van der Waals surface area contributed by atoms with Crippen LogP contribution in [0.25, 0.3) is 0 Å². The fraction of sp³-hybridized carbons (Fsp3) is 0.533. The number of carbonyl (C=O) groups is 1. The lowest BCUT2D eigenvalue weighted by Gasteiger charge is -2.24. The molecule has 0 bridgehead atoms. The van der Waals surface area contributed by atoms with Gasteiger partial charge in [-0.3, -0.25) is 4.79 Å². The molecule has 0 amide bonds. The van der Waals surface area contributed by atoms with E-state index in [9.17, 15) is 13.6 Å². The summed E-state index contributed by atoms with van der Waals surface area (Å²) >= 11 is 0. The minimum Gasteiger partial charge on any atom is -0.466 e. The second-order valence-electron chi connectivity index (χ2n) is 4.85. The maximum absolute atomic E-state index is 13.7. The van der Waals surface area contributed by atoms with Crippen LogP contribution in [-0.2, 0) is 9.53 Å². The monoisotopic (exact) mass is 285 g/mol. The van der Waals surface area contributed by atoms with E-state index >= 15 is 0 Å². The Balaban J connectivity index is 2.75. The van der Waals surface area contributed by atoms with Crippen LogP contribution in [0, 0.1) is 17.6 Å². The van der Waals surface area contributed by atoms with Crippen molar-refractivity contribution in [1.29, 1.82) is 0 Å². The molecule has 5 heteroatoms. The molecule has 0 saturated carbocycles. The van der Waals surface area contributed by atoms with Gasteiger partial charge in [0, 0.05) is 17.6 Å². The van der Waals surface area contributed by atoms with E-state index in [1.807, 2.05) is 0 Å². The Hall–Kier alpha value is -1.49. The quantitative estimate of drug-likeness (QED) is 0.816. The van der Waals surface area contributed by atoms with E-state index in [4.69, 9.17) is 4.74 Å². The van der Waals surface area contributed by atoms with Crippen LogP contribution >= 0.6 is 0 Å². The number of hydrogen-bond donors (Lipinski definition) is 1. The van der Waals surface area contributed by atoms with E-state index in [0.717, 1.165) is 0 Å². The van der Waals surface area contributed by atoms with E-state index in [2.05, 4.69) is 5.32 Å². The third-order valence-corrected chi connectivity index (χ3v) is 3.35. The maximum atomic E-state index is 13.7. The summed E-state index contributed by atoms with van der Waals surface area (Å²) < 4.78 is 32.3. The first-order valence-electron chi connectivity index (χ1n) is 6.75. The molecule has 0 fully saturated rings. The number of hydrogen-bond acceptors (Lipinski definition) is 3. The molecule has 0 aliphatic rings. The van der Waals surface area contributed by atoms with Gasteiger partial charge in [0.2, 0.25) is 0 Å². The number of halogens is 2. The molecular weight excluding hydrogens is 264 g/mol. The average Bonchev–Trinajstić information content (AvgIpc) is 2.37. The lowest BCUT2D eigenvalue weighted by molar-refractivity contribution is -0.148. The Kier molecular flexibility index (Phi) is 6.07. The molecule has 20 heavy (non-hydrogen) atoms. The summed E-state index contributed by atoms with van der Waals surface area (Å²) in [5, 5.41) is 3.04. The first kappa shape index (κ1) is 16.6. The molecule has 3 atom stereocenters. The Morgan fingerprint density at radius 2 is 1.80 bits per heavy atom. The van der Waals surface area contributed by atoms with Crippen molar-refractivity contribution in [2.24, 2.45) is 5.92 Å². The van der Waals surface area contributed by atoms with Gasteiger partial charge in [0.05, 0.1) is 12.5 Å². The van der Waals surface area contributed by atoms with Crippen molar-refractivity contribution in [1.82, 2.24) is 5.32 Å². The topological polar surface area (TPSA) is 38.3 Å². The number of rotatable bonds is 6. The van der Waals surface area contributed by atoms with Gasteiger partial charge >= 0.3 is 5.97 Å². The van der Waals surface area contributed by atoms with E-state index in [1.165, 1.54) is 18.2 Å².